The molecule has 0 aliphatic heterocycles. The molecule has 8 aromatic heterocycles. The summed E-state index contributed by atoms with van der Waals surface area (Å²) in [6.07, 6.45) is -12.2. The van der Waals surface area contributed by atoms with E-state index in [9.17, 15) is 101 Å². The third kappa shape index (κ3) is 21.8. The smallest absolute Gasteiger partial charge is 0.423 e. The fourth-order valence-corrected chi connectivity index (χ4v) is 15.8. The van der Waals surface area contributed by atoms with E-state index in [0.717, 1.165) is 51.2 Å². The molecular formula is C100H90F14N16O11. The summed E-state index contributed by atoms with van der Waals surface area (Å²) in [7, 11) is 4.64. The lowest BCUT2D eigenvalue weighted by Gasteiger charge is -2.27. The van der Waals surface area contributed by atoms with Crippen molar-refractivity contribution in [3.8, 4) is 61.8 Å². The third-order valence-corrected chi connectivity index (χ3v) is 23.8. The zero-order valence-electron chi connectivity index (χ0n) is 76.2. The summed E-state index contributed by atoms with van der Waals surface area (Å²) in [5, 5.41) is 43.4. The Bertz CT molecular complexity index is 7160. The van der Waals surface area contributed by atoms with Crippen molar-refractivity contribution in [1.29, 1.82) is 0 Å². The van der Waals surface area contributed by atoms with Crippen LogP contribution in [-0.2, 0) is 48.6 Å². The first-order chi connectivity index (χ1) is 66.5. The van der Waals surface area contributed by atoms with Crippen LogP contribution in [0, 0.1) is 18.6 Å². The van der Waals surface area contributed by atoms with Crippen LogP contribution in [0.15, 0.2) is 232 Å². The van der Waals surface area contributed by atoms with E-state index in [4.69, 9.17) is 37.1 Å². The summed E-state index contributed by atoms with van der Waals surface area (Å²) < 4.78 is 209. The number of pyridine rings is 4. The highest BCUT2D eigenvalue weighted by molar-refractivity contribution is 6.05. The number of nitrogens with two attached hydrogens (primary N) is 4. The van der Waals surface area contributed by atoms with Gasteiger partial charge >= 0.3 is 24.7 Å². The third-order valence-electron chi connectivity index (χ3n) is 23.8. The summed E-state index contributed by atoms with van der Waals surface area (Å²) in [5.74, 6) is -1.89. The number of benzene rings is 8. The normalized spacial score (nSPS) is 13.6. The molecular weight excluding hydrogens is 1870 g/mol. The molecule has 0 aliphatic carbocycles. The Hall–Kier alpha value is -15.6. The number of hydrogen-bond acceptors (Lipinski definition) is 19. The maximum Gasteiger partial charge on any atom is 0.423 e. The molecule has 8 aromatic carbocycles. The first kappa shape index (κ1) is 103. The highest BCUT2D eigenvalue weighted by Crippen LogP contribution is 2.47. The van der Waals surface area contributed by atoms with Crippen molar-refractivity contribution >= 4 is 67.2 Å². The second-order valence-electron chi connectivity index (χ2n) is 32.9. The number of halogens is 14. The summed E-state index contributed by atoms with van der Waals surface area (Å²) in [6, 6.07) is 49.9. The fraction of sp³-hybridized carbons (Fsp3) is 0.240. The van der Waals surface area contributed by atoms with E-state index in [-0.39, 0.29) is 49.0 Å². The Morgan fingerprint density at radius 2 is 0.546 bits per heavy atom. The molecule has 0 spiro atoms. The number of amides is 4. The number of carbonyl (C=O) groups is 4. The number of alkyl halides is 12. The molecule has 2 unspecified atom stereocenters. The van der Waals surface area contributed by atoms with E-state index in [1.807, 2.05) is 49.4 Å². The van der Waals surface area contributed by atoms with Crippen LogP contribution in [0.3, 0.4) is 0 Å². The predicted molar refractivity (Wildman–Crippen MR) is 493 cm³/mol. The minimum Gasteiger partial charge on any atom is -0.496 e. The molecule has 0 aliphatic rings. The maximum atomic E-state index is 13.4. The number of nitrogens with zero attached hydrogens (tertiary/aromatic N) is 12. The van der Waals surface area contributed by atoms with Crippen molar-refractivity contribution in [2.75, 3.05) is 21.3 Å². The second kappa shape index (κ2) is 40.8. The van der Waals surface area contributed by atoms with E-state index >= 15 is 0 Å². The molecule has 0 bridgehead atoms. The number of ether oxygens (including phenoxy) is 3. The van der Waals surface area contributed by atoms with Crippen LogP contribution in [0.25, 0.3) is 88.1 Å². The zero-order chi connectivity index (χ0) is 103. The van der Waals surface area contributed by atoms with Gasteiger partial charge in [0.2, 0.25) is 22.4 Å². The Morgan fingerprint density at radius 3 is 0.773 bits per heavy atom. The molecule has 4 atom stereocenters. The van der Waals surface area contributed by atoms with Gasteiger partial charge in [-0.15, -0.1) is 0 Å². The van der Waals surface area contributed by atoms with Crippen molar-refractivity contribution in [3.05, 3.63) is 317 Å². The van der Waals surface area contributed by atoms with E-state index in [1.54, 1.807) is 110 Å². The summed E-state index contributed by atoms with van der Waals surface area (Å²) >= 11 is 0. The minimum atomic E-state index is -4.87. The standard InChI is InChI=1S/C26H25F3N4O4.C26H25F3N4O3.2C24H20F4N4O2/c1-4-25(35,26(27,28)29)23-13-33(14-31-23)12-15-5-7-17-18(11-20(24(30)34)32-19(17)9-15)16-6-8-21(36-2)22(10-16)37-3;1-4-25(35,26(27,28)29)23-13-33(14-31-23)12-16-5-7-18-19(11-21(24(30)34)32-20(18)10-16)17-6-8-22(36-3)15(2)9-17;2*1-2-23(34,24(26,27)28)21-12-32(13-30-21)11-14-3-8-17-18(15-4-6-16(25)7-5-15)10-20(22(29)33)31-19(17)9-14/h5-11,13-14,35H,4,12H2,1-3H3,(H2,30,34);5-11,13-14,35H,4,12H2,1-3H3,(H2,30,34);2*3-10,12-13,34H,2,11H2,1H3,(H2,29,33)/t;;2*23-/m..10/s1. The van der Waals surface area contributed by atoms with Crippen molar-refractivity contribution in [3.63, 3.8) is 0 Å². The minimum absolute atomic E-state index is 0.0204. The average molecular weight is 1960 g/mol. The Morgan fingerprint density at radius 1 is 0.312 bits per heavy atom. The van der Waals surface area contributed by atoms with Gasteiger partial charge in [0, 0.05) is 72.5 Å². The van der Waals surface area contributed by atoms with Crippen LogP contribution >= 0.6 is 0 Å². The number of methoxy groups -OCH3 is 3. The van der Waals surface area contributed by atoms with Crippen molar-refractivity contribution in [2.45, 2.75) is 134 Å². The fourth-order valence-electron chi connectivity index (χ4n) is 15.8. The molecule has 0 radical (unpaired) electrons. The summed E-state index contributed by atoms with van der Waals surface area (Å²) in [5.41, 5.74) is 19.2. The van der Waals surface area contributed by atoms with E-state index < -0.39 is 131 Å². The molecule has 27 nitrogen and oxygen atoms in total. The number of rotatable bonds is 27. The van der Waals surface area contributed by atoms with Gasteiger partial charge in [-0.25, -0.2) is 48.7 Å². The quantitative estimate of drug-likeness (QED) is 0.0222. The molecule has 0 fully saturated rings. The molecule has 141 heavy (non-hydrogen) atoms. The Kier molecular flexibility index (Phi) is 29.8. The number of hydrogen-bond donors (Lipinski definition) is 8. The van der Waals surface area contributed by atoms with Gasteiger partial charge < -0.3 is 75.8 Å². The first-order valence-corrected chi connectivity index (χ1v) is 43.1. The molecule has 41 heteroatoms. The molecule has 0 saturated carbocycles. The van der Waals surface area contributed by atoms with Crippen LogP contribution in [0.2, 0.25) is 0 Å². The summed E-state index contributed by atoms with van der Waals surface area (Å²) in [6.45, 7) is 7.51. The van der Waals surface area contributed by atoms with Crippen LogP contribution in [0.4, 0.5) is 61.5 Å². The SMILES string of the molecule is CCC(O)(c1cn(Cc2ccc3c(-c4ccc(OC)c(C)c4)cc(C(N)=O)nc3c2)cn1)C(F)(F)F.CCC(O)(c1cn(Cc2ccc3c(-c4ccc(OC)c(OC)c4)cc(C(N)=O)nc3c2)cn1)C(F)(F)F.CC[C@@](O)(c1cn(Cc2ccc3c(-c4ccc(F)cc4)cc(C(N)=O)nc3c2)cn1)C(F)(F)F.CC[C@](O)(c1cn(Cc2ccc3c(-c4ccc(F)cc4)cc(C(N)=O)nc3c2)cn1)C(F)(F)F. The van der Waals surface area contributed by atoms with Gasteiger partial charge in [-0.05, 0) is 202 Å². The lowest BCUT2D eigenvalue weighted by Crippen LogP contribution is -2.42. The number of aromatic nitrogens is 12. The second-order valence-corrected chi connectivity index (χ2v) is 32.9. The highest BCUT2D eigenvalue weighted by atomic mass is 19.4. The van der Waals surface area contributed by atoms with Gasteiger partial charge in [0.1, 0.15) is 40.2 Å². The zero-order valence-corrected chi connectivity index (χ0v) is 76.2. The topological polar surface area (TPSA) is 404 Å². The number of primary amides is 4. The van der Waals surface area contributed by atoms with Gasteiger partial charge in [-0.2, -0.15) is 52.7 Å². The van der Waals surface area contributed by atoms with Gasteiger partial charge in [0.05, 0.1) is 91.5 Å². The van der Waals surface area contributed by atoms with E-state index in [1.165, 1.54) is 134 Å². The van der Waals surface area contributed by atoms with Gasteiger partial charge in [-0.3, -0.25) is 19.2 Å². The van der Waals surface area contributed by atoms with Gasteiger partial charge in [0.15, 0.2) is 11.5 Å². The number of fused-ring (bicyclic) bond motifs is 4. The van der Waals surface area contributed by atoms with Gasteiger partial charge in [0.25, 0.3) is 23.6 Å². The first-order valence-electron chi connectivity index (χ1n) is 43.1. The Balaban J connectivity index is 0.000000158. The largest absolute Gasteiger partial charge is 0.496 e. The van der Waals surface area contributed by atoms with Crippen LogP contribution in [0.1, 0.15) is 146 Å². The lowest BCUT2D eigenvalue weighted by atomic mass is 9.96. The molecule has 0 saturated heterocycles. The maximum absolute atomic E-state index is 13.4. The number of imidazole rings is 4. The van der Waals surface area contributed by atoms with E-state index in [2.05, 4.69) is 39.9 Å². The number of aliphatic hydroxyl groups is 4. The van der Waals surface area contributed by atoms with Crippen molar-refractivity contribution in [1.82, 2.24) is 58.1 Å². The van der Waals surface area contributed by atoms with E-state index in [0.29, 0.717) is 94.4 Å². The molecule has 16 rings (SSSR count). The van der Waals surface area contributed by atoms with Crippen LogP contribution < -0.4 is 37.1 Å². The molecule has 4 amide bonds. The van der Waals surface area contributed by atoms with Crippen molar-refractivity contribution < 1.29 is 115 Å². The van der Waals surface area contributed by atoms with Crippen molar-refractivity contribution in [2.24, 2.45) is 22.9 Å². The van der Waals surface area contributed by atoms with Crippen LogP contribution in [-0.4, -0.2) is 148 Å². The Labute approximate surface area is 793 Å². The molecule has 734 valence electrons. The average Bonchev–Trinajstić information content (AvgIpc) is 1.77. The number of aryl methyl sites for hydroxylation is 1. The monoisotopic (exact) mass is 1960 g/mol. The number of carbonyl (C=O) groups excluding carboxylic acids is 4. The lowest BCUT2D eigenvalue weighted by molar-refractivity contribution is -0.269. The molecule has 12 N–H and O–H groups in total. The van der Waals surface area contributed by atoms with Gasteiger partial charge in [-0.1, -0.05) is 113 Å². The molecule has 8 heterocycles. The summed E-state index contributed by atoms with van der Waals surface area (Å²) in [4.78, 5) is 80.2. The highest BCUT2D eigenvalue weighted by Gasteiger charge is 2.58. The predicted octanol–water partition coefficient (Wildman–Crippen LogP) is 18.2. The van der Waals surface area contributed by atoms with Crippen LogP contribution in [0.5, 0.6) is 17.2 Å². The molecule has 16 aromatic rings.